The molecule has 4 aromatic rings. The second-order valence-corrected chi connectivity index (χ2v) is 8.29. The van der Waals surface area contributed by atoms with Crippen LogP contribution in [0.2, 0.25) is 0 Å². The van der Waals surface area contributed by atoms with E-state index in [0.29, 0.717) is 12.8 Å². The van der Waals surface area contributed by atoms with Gasteiger partial charge in [0.2, 0.25) is 0 Å². The SMILES string of the molecule is O=C1CC(c2cccnc2)C2(c3cccnc3-c3ncccc32)C(c2cccnc2)C1. The minimum atomic E-state index is -0.465. The Morgan fingerprint density at radius 1 is 0.677 bits per heavy atom. The number of carbonyl (C=O) groups is 1. The lowest BCUT2D eigenvalue weighted by Crippen LogP contribution is -2.45. The third-order valence-electron chi connectivity index (χ3n) is 6.87. The molecule has 2 atom stereocenters. The molecule has 0 radical (unpaired) electrons. The summed E-state index contributed by atoms with van der Waals surface area (Å²) in [5.41, 5.74) is 5.77. The van der Waals surface area contributed by atoms with E-state index in [0.717, 1.165) is 33.6 Å². The van der Waals surface area contributed by atoms with E-state index in [1.807, 2.05) is 49.1 Å². The van der Waals surface area contributed by atoms with Gasteiger partial charge in [0.05, 0.1) is 11.4 Å². The molecule has 1 saturated carbocycles. The van der Waals surface area contributed by atoms with E-state index in [9.17, 15) is 4.79 Å². The minimum absolute atomic E-state index is 0.0685. The number of nitrogens with zero attached hydrogens (tertiary/aromatic N) is 4. The first kappa shape index (κ1) is 18.1. The summed E-state index contributed by atoms with van der Waals surface area (Å²) in [6.07, 6.45) is 11.9. The lowest BCUT2D eigenvalue weighted by atomic mass is 9.53. The minimum Gasteiger partial charge on any atom is -0.300 e. The van der Waals surface area contributed by atoms with E-state index in [4.69, 9.17) is 9.97 Å². The molecule has 1 fully saturated rings. The largest absolute Gasteiger partial charge is 0.300 e. The van der Waals surface area contributed by atoms with Gasteiger partial charge >= 0.3 is 0 Å². The highest BCUT2D eigenvalue weighted by atomic mass is 16.1. The van der Waals surface area contributed by atoms with E-state index in [2.05, 4.69) is 34.2 Å². The maximum absolute atomic E-state index is 13.1. The van der Waals surface area contributed by atoms with Crippen molar-refractivity contribution in [3.05, 3.63) is 108 Å². The van der Waals surface area contributed by atoms with Crippen LogP contribution in [0.4, 0.5) is 0 Å². The van der Waals surface area contributed by atoms with Crippen LogP contribution in [0, 0.1) is 0 Å². The number of rotatable bonds is 2. The van der Waals surface area contributed by atoms with Crippen LogP contribution in [0.1, 0.15) is 46.9 Å². The first-order chi connectivity index (χ1) is 15.3. The smallest absolute Gasteiger partial charge is 0.134 e. The summed E-state index contributed by atoms with van der Waals surface area (Å²) in [7, 11) is 0. The van der Waals surface area contributed by atoms with Crippen LogP contribution in [0.3, 0.4) is 0 Å². The first-order valence-corrected chi connectivity index (χ1v) is 10.5. The van der Waals surface area contributed by atoms with Gasteiger partial charge in [-0.3, -0.25) is 24.7 Å². The quantitative estimate of drug-likeness (QED) is 0.493. The monoisotopic (exact) mass is 404 g/mol. The van der Waals surface area contributed by atoms with Crippen LogP contribution in [-0.4, -0.2) is 25.7 Å². The van der Waals surface area contributed by atoms with Crippen LogP contribution < -0.4 is 0 Å². The van der Waals surface area contributed by atoms with Gasteiger partial charge in [0.25, 0.3) is 0 Å². The Bertz CT molecular complexity index is 1170. The molecule has 0 amide bonds. The van der Waals surface area contributed by atoms with Crippen molar-refractivity contribution in [3.63, 3.8) is 0 Å². The van der Waals surface area contributed by atoms with Crippen LogP contribution in [-0.2, 0) is 10.2 Å². The van der Waals surface area contributed by atoms with E-state index in [-0.39, 0.29) is 17.6 Å². The van der Waals surface area contributed by atoms with Crippen molar-refractivity contribution in [2.24, 2.45) is 0 Å². The van der Waals surface area contributed by atoms with E-state index >= 15 is 0 Å². The van der Waals surface area contributed by atoms with Crippen molar-refractivity contribution in [1.29, 1.82) is 0 Å². The highest BCUT2D eigenvalue weighted by molar-refractivity contribution is 5.86. The van der Waals surface area contributed by atoms with Gasteiger partial charge in [-0.15, -0.1) is 0 Å². The molecule has 1 spiro atoms. The van der Waals surface area contributed by atoms with Gasteiger partial charge in [-0.1, -0.05) is 24.3 Å². The fourth-order valence-corrected chi connectivity index (χ4v) is 5.78. The highest BCUT2D eigenvalue weighted by Gasteiger charge is 2.58. The molecule has 5 heteroatoms. The standard InChI is InChI=1S/C26H20N4O/c31-19-13-22(17-5-1-9-27-15-17)26(23(14-19)18-6-2-10-28-16-18)20-7-3-11-29-24(20)25-21(26)8-4-12-30-25/h1-12,15-16,22-23H,13-14H2. The second-order valence-electron chi connectivity index (χ2n) is 8.29. The molecule has 5 nitrogen and oxygen atoms in total. The van der Waals surface area contributed by atoms with E-state index in [1.54, 1.807) is 12.4 Å². The van der Waals surface area contributed by atoms with Crippen molar-refractivity contribution >= 4 is 5.78 Å². The Morgan fingerprint density at radius 3 is 1.61 bits per heavy atom. The number of carbonyl (C=O) groups excluding carboxylic acids is 1. The summed E-state index contributed by atoms with van der Waals surface area (Å²) in [4.78, 5) is 31.4. The lowest BCUT2D eigenvalue weighted by Gasteiger charge is -2.48. The van der Waals surface area contributed by atoms with Crippen molar-refractivity contribution in [2.75, 3.05) is 0 Å². The fraction of sp³-hybridized carbons (Fsp3) is 0.192. The Labute approximate surface area is 180 Å². The Balaban J connectivity index is 1.73. The molecule has 6 rings (SSSR count). The Morgan fingerprint density at radius 2 is 1.16 bits per heavy atom. The normalized spacial score (nSPS) is 21.0. The predicted octanol–water partition coefficient (Wildman–Crippen LogP) is 4.46. The summed E-state index contributed by atoms with van der Waals surface area (Å²) in [5, 5.41) is 0. The van der Waals surface area contributed by atoms with Crippen LogP contribution in [0.15, 0.2) is 85.7 Å². The second kappa shape index (κ2) is 6.91. The predicted molar refractivity (Wildman–Crippen MR) is 116 cm³/mol. The van der Waals surface area contributed by atoms with Crippen molar-refractivity contribution in [3.8, 4) is 11.4 Å². The van der Waals surface area contributed by atoms with Crippen molar-refractivity contribution in [1.82, 2.24) is 19.9 Å². The average Bonchev–Trinajstić information content (AvgIpc) is 3.13. The number of hydrogen-bond donors (Lipinski definition) is 0. The number of aromatic nitrogens is 4. The van der Waals surface area contributed by atoms with E-state index in [1.165, 1.54) is 0 Å². The van der Waals surface area contributed by atoms with Gasteiger partial charge in [0, 0.05) is 67.3 Å². The highest BCUT2D eigenvalue weighted by Crippen LogP contribution is 2.64. The maximum Gasteiger partial charge on any atom is 0.134 e. The van der Waals surface area contributed by atoms with Crippen LogP contribution >= 0.6 is 0 Å². The summed E-state index contributed by atoms with van der Waals surface area (Å²) >= 11 is 0. The van der Waals surface area contributed by atoms with Gasteiger partial charge < -0.3 is 0 Å². The van der Waals surface area contributed by atoms with Gasteiger partial charge in [0.1, 0.15) is 5.78 Å². The Hall–Kier alpha value is -3.73. The fourth-order valence-electron chi connectivity index (χ4n) is 5.78. The first-order valence-electron chi connectivity index (χ1n) is 10.5. The van der Waals surface area contributed by atoms with Crippen molar-refractivity contribution in [2.45, 2.75) is 30.1 Å². The summed E-state index contributed by atoms with van der Waals surface area (Å²) in [6, 6.07) is 16.4. The zero-order valence-electron chi connectivity index (χ0n) is 16.8. The molecule has 0 aliphatic heterocycles. The Kier molecular flexibility index (Phi) is 4.03. The van der Waals surface area contributed by atoms with E-state index < -0.39 is 5.41 Å². The zero-order chi connectivity index (χ0) is 20.8. The zero-order valence-corrected chi connectivity index (χ0v) is 16.8. The number of fused-ring (bicyclic) bond motifs is 5. The number of ketones is 1. The van der Waals surface area contributed by atoms with Gasteiger partial charge in [-0.25, -0.2) is 0 Å². The summed E-state index contributed by atoms with van der Waals surface area (Å²) in [5.74, 6) is 0.123. The number of Topliss-reactive ketones (excluding diaryl/α,β-unsaturated/α-hetero) is 1. The molecule has 0 aromatic carbocycles. The van der Waals surface area contributed by atoms with Gasteiger partial charge in [-0.05, 0) is 46.5 Å². The third-order valence-corrected chi connectivity index (χ3v) is 6.87. The maximum atomic E-state index is 13.1. The molecular weight excluding hydrogens is 384 g/mol. The average molecular weight is 404 g/mol. The number of pyridine rings is 4. The molecule has 4 heterocycles. The molecule has 4 aromatic heterocycles. The van der Waals surface area contributed by atoms with Crippen LogP contribution in [0.25, 0.3) is 11.4 Å². The molecule has 0 saturated heterocycles. The van der Waals surface area contributed by atoms with Crippen LogP contribution in [0.5, 0.6) is 0 Å². The molecule has 0 bridgehead atoms. The van der Waals surface area contributed by atoms with Crippen molar-refractivity contribution < 1.29 is 4.79 Å². The summed E-state index contributed by atoms with van der Waals surface area (Å²) in [6.45, 7) is 0. The molecule has 31 heavy (non-hydrogen) atoms. The third kappa shape index (κ3) is 2.53. The van der Waals surface area contributed by atoms with Gasteiger partial charge in [0.15, 0.2) is 0 Å². The molecule has 2 unspecified atom stereocenters. The summed E-state index contributed by atoms with van der Waals surface area (Å²) < 4.78 is 0. The molecule has 2 aliphatic rings. The molecular formula is C26H20N4O. The molecule has 150 valence electrons. The molecule has 2 aliphatic carbocycles. The van der Waals surface area contributed by atoms with Gasteiger partial charge in [-0.2, -0.15) is 0 Å². The number of hydrogen-bond acceptors (Lipinski definition) is 5. The topological polar surface area (TPSA) is 68.6 Å². The molecule has 0 N–H and O–H groups in total. The lowest BCUT2D eigenvalue weighted by molar-refractivity contribution is -0.122.